The maximum atomic E-state index is 13.1. The van der Waals surface area contributed by atoms with Gasteiger partial charge in [-0.2, -0.15) is 0 Å². The van der Waals surface area contributed by atoms with Crippen LogP contribution in [0.3, 0.4) is 0 Å². The molecule has 0 heterocycles. The van der Waals surface area contributed by atoms with Gasteiger partial charge in [-0.25, -0.2) is 0 Å². The Morgan fingerprint density at radius 3 is 2.58 bits per heavy atom. The zero-order chi connectivity index (χ0) is 19.1. The summed E-state index contributed by atoms with van der Waals surface area (Å²) >= 11 is 0. The molecular formula is C19H24N2O5. The lowest BCUT2D eigenvalue weighted by atomic mass is 9.93. The molecule has 7 nitrogen and oxygen atoms in total. The number of carbonyl (C=O) groups excluding carboxylic acids is 1. The van der Waals surface area contributed by atoms with Crippen LogP contribution in [0.2, 0.25) is 0 Å². The number of nitrogens with zero attached hydrogens (tertiary/aromatic N) is 2. The summed E-state index contributed by atoms with van der Waals surface area (Å²) in [5, 5.41) is 11.5. The average molecular weight is 360 g/mol. The molecule has 26 heavy (non-hydrogen) atoms. The molecule has 0 saturated heterocycles. The van der Waals surface area contributed by atoms with Crippen molar-refractivity contribution in [2.24, 2.45) is 0 Å². The second kappa shape index (κ2) is 9.09. The molecule has 7 heteroatoms. The lowest BCUT2D eigenvalue weighted by Gasteiger charge is -2.33. The highest BCUT2D eigenvalue weighted by atomic mass is 16.6. The maximum Gasteiger partial charge on any atom is 0.286 e. The quantitative estimate of drug-likeness (QED) is 0.423. The third-order valence-electron chi connectivity index (χ3n) is 4.55. The molecular weight excluding hydrogens is 336 g/mol. The highest BCUT2D eigenvalue weighted by molar-refractivity contribution is 5.99. The van der Waals surface area contributed by atoms with Crippen LogP contribution in [0, 0.1) is 22.5 Å². The number of terminal acetylenes is 1. The first-order valence-electron chi connectivity index (χ1n) is 8.77. The van der Waals surface area contributed by atoms with E-state index < -0.39 is 10.8 Å². The minimum atomic E-state index is -0.583. The lowest BCUT2D eigenvalue weighted by Crippen LogP contribution is -2.42. The normalized spacial score (nSPS) is 14.3. The Hall–Kier alpha value is -2.75. The number of hydrogen-bond acceptors (Lipinski definition) is 5. The van der Waals surface area contributed by atoms with Crippen LogP contribution < -0.4 is 9.47 Å². The fourth-order valence-corrected chi connectivity index (χ4v) is 3.31. The fourth-order valence-electron chi connectivity index (χ4n) is 3.31. The maximum absolute atomic E-state index is 13.1. The van der Waals surface area contributed by atoms with E-state index in [4.69, 9.17) is 15.9 Å². The molecule has 1 aromatic carbocycles. The fraction of sp³-hybridized carbons (Fsp3) is 0.526. The molecule has 1 aromatic rings. The van der Waals surface area contributed by atoms with Crippen LogP contribution in [-0.4, -0.2) is 42.0 Å². The predicted octanol–water partition coefficient (Wildman–Crippen LogP) is 3.41. The first-order chi connectivity index (χ1) is 12.5. The van der Waals surface area contributed by atoms with Crippen molar-refractivity contribution >= 4 is 11.6 Å². The number of rotatable bonds is 7. The van der Waals surface area contributed by atoms with Crippen molar-refractivity contribution in [1.82, 2.24) is 4.90 Å². The van der Waals surface area contributed by atoms with E-state index in [2.05, 4.69) is 5.92 Å². The zero-order valence-electron chi connectivity index (χ0n) is 15.2. The number of amides is 1. The van der Waals surface area contributed by atoms with E-state index >= 15 is 0 Å². The molecule has 0 unspecified atom stereocenters. The molecule has 0 aromatic heterocycles. The summed E-state index contributed by atoms with van der Waals surface area (Å²) < 4.78 is 10.6. The number of hydrogen-bond donors (Lipinski definition) is 0. The van der Waals surface area contributed by atoms with Gasteiger partial charge in [-0.3, -0.25) is 14.9 Å². The van der Waals surface area contributed by atoms with Gasteiger partial charge in [0.05, 0.1) is 31.3 Å². The van der Waals surface area contributed by atoms with E-state index in [1.165, 1.54) is 19.2 Å². The van der Waals surface area contributed by atoms with Crippen molar-refractivity contribution in [2.75, 3.05) is 20.3 Å². The van der Waals surface area contributed by atoms with Crippen molar-refractivity contribution in [3.05, 3.63) is 27.8 Å². The number of ether oxygens (including phenoxy) is 2. The van der Waals surface area contributed by atoms with Crippen LogP contribution in [0.5, 0.6) is 11.5 Å². The molecule has 0 radical (unpaired) electrons. The summed E-state index contributed by atoms with van der Waals surface area (Å²) in [4.78, 5) is 25.7. The minimum absolute atomic E-state index is 0.00421. The molecule has 0 atom stereocenters. The molecule has 1 aliphatic rings. The monoisotopic (exact) mass is 360 g/mol. The van der Waals surface area contributed by atoms with Crippen LogP contribution in [-0.2, 0) is 0 Å². The van der Waals surface area contributed by atoms with Gasteiger partial charge in [-0.05, 0) is 19.8 Å². The summed E-state index contributed by atoms with van der Waals surface area (Å²) in [5.41, 5.74) is -0.340. The van der Waals surface area contributed by atoms with Crippen molar-refractivity contribution in [2.45, 2.75) is 45.1 Å². The highest BCUT2D eigenvalue weighted by Gasteiger charge is 2.31. The van der Waals surface area contributed by atoms with E-state index in [0.717, 1.165) is 32.1 Å². The number of nitro benzene ring substituents is 1. The standard InChI is InChI=1S/C19H24N2O5/c1-4-11-20(14-9-7-6-8-10-14)19(22)15-12-18(26-5-2)17(25-3)13-16(15)21(23)24/h1,12-14H,5-11H2,2-3H3. The Bertz CT molecular complexity index is 705. The molecule has 2 rings (SSSR count). The van der Waals surface area contributed by atoms with Gasteiger partial charge in [0.25, 0.3) is 11.6 Å². The van der Waals surface area contributed by atoms with Gasteiger partial charge in [0.2, 0.25) is 0 Å². The number of methoxy groups -OCH3 is 1. The third-order valence-corrected chi connectivity index (χ3v) is 4.55. The molecule has 0 bridgehead atoms. The van der Waals surface area contributed by atoms with E-state index in [0.29, 0.717) is 12.4 Å². The first kappa shape index (κ1) is 19.6. The molecule has 1 aliphatic carbocycles. The van der Waals surface area contributed by atoms with Gasteiger partial charge in [0.1, 0.15) is 5.56 Å². The summed E-state index contributed by atoms with van der Waals surface area (Å²) in [7, 11) is 1.40. The van der Waals surface area contributed by atoms with Gasteiger partial charge >= 0.3 is 0 Å². The molecule has 1 amide bonds. The van der Waals surface area contributed by atoms with Crippen molar-refractivity contribution in [1.29, 1.82) is 0 Å². The van der Waals surface area contributed by atoms with Crippen molar-refractivity contribution < 1.29 is 19.2 Å². The third kappa shape index (κ3) is 4.26. The molecule has 0 spiro atoms. The molecule has 0 aliphatic heterocycles. The summed E-state index contributed by atoms with van der Waals surface area (Å²) in [6, 6.07) is 2.62. The van der Waals surface area contributed by atoms with E-state index in [1.807, 2.05) is 0 Å². The number of nitro groups is 1. The summed E-state index contributed by atoms with van der Waals surface area (Å²) in [6.45, 7) is 2.25. The van der Waals surface area contributed by atoms with Crippen LogP contribution >= 0.6 is 0 Å². The number of benzene rings is 1. The van der Waals surface area contributed by atoms with E-state index in [1.54, 1.807) is 11.8 Å². The second-order valence-electron chi connectivity index (χ2n) is 6.14. The van der Waals surface area contributed by atoms with E-state index in [-0.39, 0.29) is 29.6 Å². The molecule has 140 valence electrons. The molecule has 0 N–H and O–H groups in total. The van der Waals surface area contributed by atoms with E-state index in [9.17, 15) is 14.9 Å². The SMILES string of the molecule is C#CCN(C(=O)c1cc(OCC)c(OC)cc1[N+](=O)[O-])C1CCCCC1. The van der Waals surface area contributed by atoms with Gasteiger partial charge in [-0.15, -0.1) is 6.42 Å². The van der Waals surface area contributed by atoms with Gasteiger partial charge in [0.15, 0.2) is 11.5 Å². The largest absolute Gasteiger partial charge is 0.493 e. The van der Waals surface area contributed by atoms with Crippen LogP contribution in [0.25, 0.3) is 0 Å². The Labute approximate surface area is 153 Å². The lowest BCUT2D eigenvalue weighted by molar-refractivity contribution is -0.385. The van der Waals surface area contributed by atoms with Crippen LogP contribution in [0.15, 0.2) is 12.1 Å². The Morgan fingerprint density at radius 2 is 2.04 bits per heavy atom. The van der Waals surface area contributed by atoms with Gasteiger partial charge in [0, 0.05) is 12.1 Å². The van der Waals surface area contributed by atoms with Crippen molar-refractivity contribution in [3.8, 4) is 23.8 Å². The Morgan fingerprint density at radius 1 is 1.35 bits per heavy atom. The first-order valence-corrected chi connectivity index (χ1v) is 8.77. The zero-order valence-corrected chi connectivity index (χ0v) is 15.2. The summed E-state index contributed by atoms with van der Waals surface area (Å²) in [6.07, 6.45) is 10.3. The number of carbonyl (C=O) groups is 1. The van der Waals surface area contributed by atoms with Crippen LogP contribution in [0.1, 0.15) is 49.4 Å². The average Bonchev–Trinajstić information content (AvgIpc) is 2.66. The van der Waals surface area contributed by atoms with Gasteiger partial charge in [-0.1, -0.05) is 25.2 Å². The predicted molar refractivity (Wildman–Crippen MR) is 97.6 cm³/mol. The molecule has 1 fully saturated rings. The molecule has 1 saturated carbocycles. The highest BCUT2D eigenvalue weighted by Crippen LogP contribution is 2.36. The van der Waals surface area contributed by atoms with Crippen LogP contribution in [0.4, 0.5) is 5.69 Å². The topological polar surface area (TPSA) is 81.9 Å². The smallest absolute Gasteiger partial charge is 0.286 e. The Balaban J connectivity index is 2.48. The second-order valence-corrected chi connectivity index (χ2v) is 6.14. The summed E-state index contributed by atoms with van der Waals surface area (Å²) in [5.74, 6) is 2.58. The Kier molecular flexibility index (Phi) is 6.84. The van der Waals surface area contributed by atoms with Gasteiger partial charge < -0.3 is 14.4 Å². The minimum Gasteiger partial charge on any atom is -0.493 e. The van der Waals surface area contributed by atoms with Crippen molar-refractivity contribution in [3.63, 3.8) is 0 Å².